The van der Waals surface area contributed by atoms with Crippen LogP contribution in [0.1, 0.15) is 24.0 Å². The van der Waals surface area contributed by atoms with E-state index >= 15 is 0 Å². The van der Waals surface area contributed by atoms with E-state index in [1.165, 1.54) is 0 Å². The molecule has 16 heavy (non-hydrogen) atoms. The molecule has 2 rings (SSSR count). The molecule has 0 atom stereocenters. The van der Waals surface area contributed by atoms with Gasteiger partial charge < -0.3 is 10.5 Å². The molecule has 0 aromatic heterocycles. The van der Waals surface area contributed by atoms with E-state index in [2.05, 4.69) is 6.07 Å². The largest absolute Gasteiger partial charge is 0.491 e. The number of nitrogens with two attached hydrogens (primary N) is 1. The predicted octanol–water partition coefficient (Wildman–Crippen LogP) is 2.16. The normalized spacial score (nSPS) is 15.8. The molecule has 0 bridgehead atoms. The van der Waals surface area contributed by atoms with Crippen molar-refractivity contribution in [3.8, 4) is 11.8 Å². The molecule has 0 aliphatic heterocycles. The van der Waals surface area contributed by atoms with Crippen molar-refractivity contribution in [2.75, 3.05) is 6.61 Å². The van der Waals surface area contributed by atoms with Gasteiger partial charge in [-0.05, 0) is 37.5 Å². The molecule has 0 heterocycles. The molecule has 0 unspecified atom stereocenters. The maximum atomic E-state index is 8.76. The molecule has 86 valence electrons. The number of nitrogens with zero attached hydrogens (tertiary/aromatic N) is 1. The summed E-state index contributed by atoms with van der Waals surface area (Å²) >= 11 is 0. The van der Waals surface area contributed by atoms with Gasteiger partial charge in [0, 0.05) is 0 Å². The number of benzene rings is 1. The third-order valence-electron chi connectivity index (χ3n) is 2.72. The van der Waals surface area contributed by atoms with Crippen LogP contribution < -0.4 is 10.5 Å². The Hall–Kier alpha value is -1.24. The SMILES string of the molecule is Cc1ccc(C#N)cc1OCC1(N)CC1.Cl. The van der Waals surface area contributed by atoms with Crippen LogP contribution in [0.3, 0.4) is 0 Å². The van der Waals surface area contributed by atoms with Crippen LogP contribution in [0, 0.1) is 18.3 Å². The molecule has 0 spiro atoms. The van der Waals surface area contributed by atoms with Gasteiger partial charge in [0.2, 0.25) is 0 Å². The number of rotatable bonds is 3. The van der Waals surface area contributed by atoms with Crippen molar-refractivity contribution in [2.24, 2.45) is 5.73 Å². The fourth-order valence-corrected chi connectivity index (χ4v) is 1.35. The lowest BCUT2D eigenvalue weighted by atomic mass is 10.1. The molecule has 0 radical (unpaired) electrons. The number of hydrogen-bond acceptors (Lipinski definition) is 3. The van der Waals surface area contributed by atoms with E-state index in [0.29, 0.717) is 12.2 Å². The summed E-state index contributed by atoms with van der Waals surface area (Å²) in [7, 11) is 0. The van der Waals surface area contributed by atoms with E-state index in [4.69, 9.17) is 15.7 Å². The van der Waals surface area contributed by atoms with Gasteiger partial charge in [0.15, 0.2) is 0 Å². The first-order valence-corrected chi connectivity index (χ1v) is 5.05. The minimum Gasteiger partial charge on any atom is -0.491 e. The highest BCUT2D eigenvalue weighted by Crippen LogP contribution is 2.33. The van der Waals surface area contributed by atoms with Crippen LogP contribution in [0.4, 0.5) is 0 Å². The molecule has 1 aliphatic rings. The molecular formula is C12H15ClN2O. The summed E-state index contributed by atoms with van der Waals surface area (Å²) in [6.07, 6.45) is 2.06. The van der Waals surface area contributed by atoms with Crippen molar-refractivity contribution in [3.05, 3.63) is 29.3 Å². The summed E-state index contributed by atoms with van der Waals surface area (Å²) in [5.74, 6) is 0.769. The third-order valence-corrected chi connectivity index (χ3v) is 2.72. The fraction of sp³-hybridized carbons (Fsp3) is 0.417. The second-order valence-electron chi connectivity index (χ2n) is 4.24. The fourth-order valence-electron chi connectivity index (χ4n) is 1.35. The average molecular weight is 239 g/mol. The van der Waals surface area contributed by atoms with Crippen molar-refractivity contribution in [1.29, 1.82) is 5.26 Å². The first kappa shape index (κ1) is 12.8. The summed E-state index contributed by atoms with van der Waals surface area (Å²) in [6, 6.07) is 7.54. The maximum absolute atomic E-state index is 8.76. The molecule has 0 saturated heterocycles. The van der Waals surface area contributed by atoms with E-state index in [9.17, 15) is 0 Å². The minimum absolute atomic E-state index is 0. The van der Waals surface area contributed by atoms with Gasteiger partial charge in [-0.15, -0.1) is 12.4 Å². The number of ether oxygens (including phenoxy) is 1. The van der Waals surface area contributed by atoms with Crippen molar-refractivity contribution >= 4 is 12.4 Å². The van der Waals surface area contributed by atoms with E-state index in [-0.39, 0.29) is 17.9 Å². The zero-order valence-corrected chi connectivity index (χ0v) is 10.0. The summed E-state index contributed by atoms with van der Waals surface area (Å²) in [5, 5.41) is 8.76. The number of aryl methyl sites for hydroxylation is 1. The quantitative estimate of drug-likeness (QED) is 0.878. The molecule has 1 saturated carbocycles. The number of hydrogen-bond donors (Lipinski definition) is 1. The van der Waals surface area contributed by atoms with Gasteiger partial charge in [0.1, 0.15) is 12.4 Å². The molecule has 1 aliphatic carbocycles. The van der Waals surface area contributed by atoms with Crippen LogP contribution in [0.2, 0.25) is 0 Å². The van der Waals surface area contributed by atoms with E-state index in [1.54, 1.807) is 12.1 Å². The molecule has 0 amide bonds. The van der Waals surface area contributed by atoms with E-state index in [1.807, 2.05) is 13.0 Å². The van der Waals surface area contributed by atoms with Crippen molar-refractivity contribution in [1.82, 2.24) is 0 Å². The highest BCUT2D eigenvalue weighted by molar-refractivity contribution is 5.85. The predicted molar refractivity (Wildman–Crippen MR) is 64.8 cm³/mol. The molecule has 2 N–H and O–H groups in total. The standard InChI is InChI=1S/C12H14N2O.ClH/c1-9-2-3-10(7-13)6-11(9)15-8-12(14)4-5-12;/h2-3,6H,4-5,8,14H2,1H3;1H. The average Bonchev–Trinajstić information content (AvgIpc) is 2.96. The van der Waals surface area contributed by atoms with Crippen LogP contribution in [-0.2, 0) is 0 Å². The monoisotopic (exact) mass is 238 g/mol. The molecule has 4 heteroatoms. The summed E-state index contributed by atoms with van der Waals surface area (Å²) in [4.78, 5) is 0. The molecule has 1 aromatic carbocycles. The lowest BCUT2D eigenvalue weighted by Gasteiger charge is -2.13. The Balaban J connectivity index is 0.00000128. The Labute approximate surface area is 102 Å². The van der Waals surface area contributed by atoms with E-state index < -0.39 is 0 Å². The second kappa shape index (κ2) is 4.73. The van der Waals surface area contributed by atoms with Crippen LogP contribution in [0.15, 0.2) is 18.2 Å². The first-order valence-electron chi connectivity index (χ1n) is 5.05. The van der Waals surface area contributed by atoms with Crippen molar-refractivity contribution < 1.29 is 4.74 Å². The van der Waals surface area contributed by atoms with Gasteiger partial charge in [0.25, 0.3) is 0 Å². The lowest BCUT2D eigenvalue weighted by Crippen LogP contribution is -2.29. The van der Waals surface area contributed by atoms with Gasteiger partial charge >= 0.3 is 0 Å². The van der Waals surface area contributed by atoms with Crippen LogP contribution >= 0.6 is 12.4 Å². The van der Waals surface area contributed by atoms with Crippen LogP contribution in [0.5, 0.6) is 5.75 Å². The van der Waals surface area contributed by atoms with Gasteiger partial charge in [-0.3, -0.25) is 0 Å². The van der Waals surface area contributed by atoms with Crippen LogP contribution in [0.25, 0.3) is 0 Å². The molecule has 1 aromatic rings. The van der Waals surface area contributed by atoms with Crippen molar-refractivity contribution in [3.63, 3.8) is 0 Å². The highest BCUT2D eigenvalue weighted by atomic mass is 35.5. The summed E-state index contributed by atoms with van der Waals surface area (Å²) in [5.41, 5.74) is 7.47. The number of halogens is 1. The molecule has 1 fully saturated rings. The van der Waals surface area contributed by atoms with E-state index in [0.717, 1.165) is 24.2 Å². The summed E-state index contributed by atoms with van der Waals surface area (Å²) < 4.78 is 5.63. The Morgan fingerprint density at radius 1 is 1.50 bits per heavy atom. The Kier molecular flexibility index (Phi) is 3.79. The lowest BCUT2D eigenvalue weighted by molar-refractivity contribution is 0.278. The molecular weight excluding hydrogens is 224 g/mol. The topological polar surface area (TPSA) is 59.0 Å². The van der Waals surface area contributed by atoms with Gasteiger partial charge in [-0.2, -0.15) is 5.26 Å². The smallest absolute Gasteiger partial charge is 0.123 e. The van der Waals surface area contributed by atoms with Gasteiger partial charge in [-0.25, -0.2) is 0 Å². The Bertz CT molecular complexity index is 422. The zero-order valence-electron chi connectivity index (χ0n) is 9.19. The van der Waals surface area contributed by atoms with Crippen LogP contribution in [-0.4, -0.2) is 12.1 Å². The minimum atomic E-state index is -0.116. The Morgan fingerprint density at radius 2 is 2.19 bits per heavy atom. The molecule has 3 nitrogen and oxygen atoms in total. The Morgan fingerprint density at radius 3 is 2.75 bits per heavy atom. The number of nitriles is 1. The van der Waals surface area contributed by atoms with Gasteiger partial charge in [0.05, 0.1) is 17.2 Å². The highest BCUT2D eigenvalue weighted by Gasteiger charge is 2.39. The first-order chi connectivity index (χ1) is 7.13. The van der Waals surface area contributed by atoms with Gasteiger partial charge in [-0.1, -0.05) is 6.07 Å². The van der Waals surface area contributed by atoms with Crippen molar-refractivity contribution in [2.45, 2.75) is 25.3 Å². The third kappa shape index (κ3) is 2.88. The second-order valence-corrected chi connectivity index (χ2v) is 4.24. The maximum Gasteiger partial charge on any atom is 0.123 e. The zero-order chi connectivity index (χ0) is 10.9. The summed E-state index contributed by atoms with van der Waals surface area (Å²) in [6.45, 7) is 2.51.